The minimum absolute atomic E-state index is 0.578. The van der Waals surface area contributed by atoms with E-state index in [1.807, 2.05) is 43.3 Å². The maximum Gasteiger partial charge on any atom is 0.228 e. The Labute approximate surface area is 101 Å². The Hall–Kier alpha value is -2.34. The van der Waals surface area contributed by atoms with E-state index >= 15 is 0 Å². The minimum atomic E-state index is 0.578. The van der Waals surface area contributed by atoms with E-state index in [0.29, 0.717) is 5.95 Å². The molecule has 1 aromatic heterocycles. The van der Waals surface area contributed by atoms with E-state index in [2.05, 4.69) is 27.1 Å². The summed E-state index contributed by atoms with van der Waals surface area (Å²) in [5.41, 5.74) is 2.60. The molecule has 0 saturated heterocycles. The highest BCUT2D eigenvalue weighted by atomic mass is 15.1. The molecule has 1 heterocycles. The summed E-state index contributed by atoms with van der Waals surface area (Å²) in [5, 5.41) is 3.15. The first kappa shape index (κ1) is 11.2. The zero-order valence-corrected chi connectivity index (χ0v) is 9.86. The Morgan fingerprint density at radius 2 is 1.88 bits per heavy atom. The summed E-state index contributed by atoms with van der Waals surface area (Å²) in [6.45, 7) is 3.72. The predicted molar refractivity (Wildman–Crippen MR) is 69.0 cm³/mol. The van der Waals surface area contributed by atoms with E-state index in [9.17, 15) is 0 Å². The van der Waals surface area contributed by atoms with E-state index in [0.717, 1.165) is 17.1 Å². The van der Waals surface area contributed by atoms with Crippen LogP contribution >= 0.6 is 0 Å². The fraction of sp³-hybridized carbons (Fsp3) is 0.143. The summed E-state index contributed by atoms with van der Waals surface area (Å²) < 4.78 is 0. The average molecular weight is 223 g/mol. The topological polar surface area (TPSA) is 37.8 Å². The van der Waals surface area contributed by atoms with Gasteiger partial charge in [-0.1, -0.05) is 24.1 Å². The second-order valence-corrected chi connectivity index (χ2v) is 3.58. The molecule has 0 radical (unpaired) electrons. The standard InChI is InChI=1S/C14H13N3/c1-3-7-13-10-11(2)15-14(17-13)16-12-8-5-4-6-9-12/h4-6,8-10H,1-2H3,(H,15,16,17). The molecule has 84 valence electrons. The van der Waals surface area contributed by atoms with Gasteiger partial charge in [-0.3, -0.25) is 0 Å². The first-order valence-electron chi connectivity index (χ1n) is 5.38. The predicted octanol–water partition coefficient (Wildman–Crippen LogP) is 2.90. The van der Waals surface area contributed by atoms with Gasteiger partial charge >= 0.3 is 0 Å². The van der Waals surface area contributed by atoms with Crippen LogP contribution in [0.3, 0.4) is 0 Å². The number of rotatable bonds is 2. The summed E-state index contributed by atoms with van der Waals surface area (Å²) in [6, 6.07) is 11.7. The van der Waals surface area contributed by atoms with Crippen LogP contribution < -0.4 is 5.32 Å². The van der Waals surface area contributed by atoms with E-state index < -0.39 is 0 Å². The molecule has 1 N–H and O–H groups in total. The summed E-state index contributed by atoms with van der Waals surface area (Å²) in [7, 11) is 0. The van der Waals surface area contributed by atoms with E-state index in [4.69, 9.17) is 0 Å². The Morgan fingerprint density at radius 3 is 2.59 bits per heavy atom. The van der Waals surface area contributed by atoms with Crippen molar-refractivity contribution >= 4 is 11.6 Å². The molecule has 0 unspecified atom stereocenters. The fourth-order valence-corrected chi connectivity index (χ4v) is 1.47. The number of para-hydroxylation sites is 1. The number of hydrogen-bond donors (Lipinski definition) is 1. The summed E-state index contributed by atoms with van der Waals surface area (Å²) in [5.74, 6) is 6.35. The maximum absolute atomic E-state index is 4.32. The Bertz CT molecular complexity index is 565. The third-order valence-corrected chi connectivity index (χ3v) is 2.14. The second kappa shape index (κ2) is 5.13. The van der Waals surface area contributed by atoms with Gasteiger partial charge in [-0.2, -0.15) is 0 Å². The number of aromatic nitrogens is 2. The van der Waals surface area contributed by atoms with E-state index in [1.54, 1.807) is 6.92 Å². The molecule has 0 fully saturated rings. The molecule has 2 aromatic rings. The molecule has 0 aliphatic heterocycles. The normalized spacial score (nSPS) is 9.29. The van der Waals surface area contributed by atoms with Crippen LogP contribution in [0.4, 0.5) is 11.6 Å². The highest BCUT2D eigenvalue weighted by Gasteiger charge is 2.00. The van der Waals surface area contributed by atoms with Gasteiger partial charge in [-0.25, -0.2) is 9.97 Å². The van der Waals surface area contributed by atoms with Gasteiger partial charge in [0.1, 0.15) is 5.69 Å². The van der Waals surface area contributed by atoms with Gasteiger partial charge in [0.2, 0.25) is 5.95 Å². The zero-order chi connectivity index (χ0) is 12.1. The number of nitrogens with one attached hydrogen (secondary N) is 1. The highest BCUT2D eigenvalue weighted by molar-refractivity contribution is 5.53. The number of benzene rings is 1. The molecular formula is C14H13N3. The molecule has 0 spiro atoms. The molecule has 0 aliphatic rings. The molecular weight excluding hydrogens is 210 g/mol. The van der Waals surface area contributed by atoms with Gasteiger partial charge in [0.15, 0.2) is 0 Å². The van der Waals surface area contributed by atoms with Crippen molar-refractivity contribution in [1.82, 2.24) is 9.97 Å². The molecule has 0 saturated carbocycles. The molecule has 17 heavy (non-hydrogen) atoms. The van der Waals surface area contributed by atoms with Crippen molar-refractivity contribution < 1.29 is 0 Å². The first-order chi connectivity index (χ1) is 8.28. The van der Waals surface area contributed by atoms with Crippen molar-refractivity contribution in [3.05, 3.63) is 47.8 Å². The van der Waals surface area contributed by atoms with Crippen LogP contribution in [-0.2, 0) is 0 Å². The fourth-order valence-electron chi connectivity index (χ4n) is 1.47. The molecule has 0 aliphatic carbocycles. The van der Waals surface area contributed by atoms with Crippen LogP contribution in [0.2, 0.25) is 0 Å². The number of nitrogens with zero attached hydrogens (tertiary/aromatic N) is 2. The quantitative estimate of drug-likeness (QED) is 0.795. The lowest BCUT2D eigenvalue weighted by atomic mass is 10.3. The second-order valence-electron chi connectivity index (χ2n) is 3.58. The smallest absolute Gasteiger partial charge is 0.228 e. The van der Waals surface area contributed by atoms with Crippen molar-refractivity contribution in [2.24, 2.45) is 0 Å². The minimum Gasteiger partial charge on any atom is -0.324 e. The van der Waals surface area contributed by atoms with Crippen molar-refractivity contribution in [3.8, 4) is 11.8 Å². The lowest BCUT2D eigenvalue weighted by Crippen LogP contribution is -2.00. The molecule has 0 atom stereocenters. The van der Waals surface area contributed by atoms with Gasteiger partial charge in [-0.05, 0) is 38.0 Å². The van der Waals surface area contributed by atoms with Crippen molar-refractivity contribution in [2.45, 2.75) is 13.8 Å². The van der Waals surface area contributed by atoms with Crippen molar-refractivity contribution in [1.29, 1.82) is 0 Å². The molecule has 3 nitrogen and oxygen atoms in total. The molecule has 2 rings (SSSR count). The Morgan fingerprint density at radius 1 is 1.12 bits per heavy atom. The highest BCUT2D eigenvalue weighted by Crippen LogP contribution is 2.12. The SMILES string of the molecule is CC#Cc1cc(C)nc(Nc2ccccc2)n1. The number of anilines is 2. The molecule has 0 amide bonds. The number of aryl methyl sites for hydroxylation is 1. The first-order valence-corrected chi connectivity index (χ1v) is 5.38. The zero-order valence-electron chi connectivity index (χ0n) is 9.86. The van der Waals surface area contributed by atoms with E-state index in [-0.39, 0.29) is 0 Å². The molecule has 0 bridgehead atoms. The maximum atomic E-state index is 4.32. The van der Waals surface area contributed by atoms with Gasteiger partial charge in [0, 0.05) is 11.4 Å². The summed E-state index contributed by atoms with van der Waals surface area (Å²) >= 11 is 0. The molecule has 1 aromatic carbocycles. The van der Waals surface area contributed by atoms with Crippen LogP contribution in [0.1, 0.15) is 18.3 Å². The van der Waals surface area contributed by atoms with Crippen LogP contribution in [0, 0.1) is 18.8 Å². The van der Waals surface area contributed by atoms with Crippen LogP contribution in [0.5, 0.6) is 0 Å². The van der Waals surface area contributed by atoms with Crippen molar-refractivity contribution in [2.75, 3.05) is 5.32 Å². The molecule has 3 heteroatoms. The van der Waals surface area contributed by atoms with Crippen LogP contribution in [0.25, 0.3) is 0 Å². The van der Waals surface area contributed by atoms with Crippen molar-refractivity contribution in [3.63, 3.8) is 0 Å². The lowest BCUT2D eigenvalue weighted by molar-refractivity contribution is 1.09. The van der Waals surface area contributed by atoms with E-state index in [1.165, 1.54) is 0 Å². The Balaban J connectivity index is 2.29. The third-order valence-electron chi connectivity index (χ3n) is 2.14. The number of hydrogen-bond acceptors (Lipinski definition) is 3. The van der Waals surface area contributed by atoms with Gasteiger partial charge in [-0.15, -0.1) is 0 Å². The summed E-state index contributed by atoms with van der Waals surface area (Å²) in [6.07, 6.45) is 0. The van der Waals surface area contributed by atoms with Crippen LogP contribution in [0.15, 0.2) is 36.4 Å². The Kier molecular flexibility index (Phi) is 3.37. The lowest BCUT2D eigenvalue weighted by Gasteiger charge is -2.05. The van der Waals surface area contributed by atoms with Gasteiger partial charge in [0.25, 0.3) is 0 Å². The largest absolute Gasteiger partial charge is 0.324 e. The average Bonchev–Trinajstić information content (AvgIpc) is 2.30. The van der Waals surface area contributed by atoms with Gasteiger partial charge < -0.3 is 5.32 Å². The monoisotopic (exact) mass is 223 g/mol. The third kappa shape index (κ3) is 3.05. The van der Waals surface area contributed by atoms with Gasteiger partial charge in [0.05, 0.1) is 0 Å². The van der Waals surface area contributed by atoms with Crippen LogP contribution in [-0.4, -0.2) is 9.97 Å². The summed E-state index contributed by atoms with van der Waals surface area (Å²) in [4.78, 5) is 8.64.